The lowest BCUT2D eigenvalue weighted by Crippen LogP contribution is -2.10. The first-order valence-electron chi connectivity index (χ1n) is 43.8. The zero-order chi connectivity index (χ0) is 87.4. The third kappa shape index (κ3) is 21.0. The Morgan fingerprint density at radius 3 is 0.627 bits per heavy atom. The van der Waals surface area contributed by atoms with E-state index in [1.165, 1.54) is 122 Å². The van der Waals surface area contributed by atoms with E-state index < -0.39 is 0 Å². The first-order chi connectivity index (χ1) is 60.9. The molecule has 0 spiro atoms. The summed E-state index contributed by atoms with van der Waals surface area (Å²) in [6.07, 6.45) is 7.44. The van der Waals surface area contributed by atoms with Crippen molar-refractivity contribution in [2.75, 3.05) is 0 Å². The summed E-state index contributed by atoms with van der Waals surface area (Å²) in [7, 11) is 0. The molecule has 0 radical (unpaired) electrons. The Morgan fingerprint density at radius 1 is 0.143 bits per heavy atom. The van der Waals surface area contributed by atoms with Crippen LogP contribution in [-0.4, -0.2) is 19.9 Å². The number of hydrogen-bond donors (Lipinski definition) is 0. The van der Waals surface area contributed by atoms with Gasteiger partial charge in [-0.05, 0) is 245 Å². The van der Waals surface area contributed by atoms with Crippen LogP contribution in [0.25, 0.3) is 167 Å². The van der Waals surface area contributed by atoms with Gasteiger partial charge in [-0.15, -0.1) is 0 Å². The normalized spacial score (nSPS) is 11.5. The zero-order valence-corrected chi connectivity index (χ0v) is 74.4. The monoisotopic (exact) mass is 1630 g/mol. The molecule has 4 aromatic heterocycles. The Labute approximate surface area is 745 Å². The average Bonchev–Trinajstić information content (AvgIpc) is 0.771. The van der Waals surface area contributed by atoms with Crippen molar-refractivity contribution in [3.05, 3.63) is 460 Å². The molecule has 19 aromatic rings. The van der Waals surface area contributed by atoms with Crippen molar-refractivity contribution >= 4 is 21.5 Å². The van der Waals surface area contributed by atoms with Crippen molar-refractivity contribution in [3.8, 4) is 145 Å². The number of pyridine rings is 4. The second-order valence-corrected chi connectivity index (χ2v) is 36.8. The molecule has 0 aliphatic rings. The van der Waals surface area contributed by atoms with E-state index in [-0.39, 0.29) is 21.7 Å². The van der Waals surface area contributed by atoms with Crippen LogP contribution in [0.15, 0.2) is 437 Å². The molecule has 126 heavy (non-hydrogen) atoms. The molecule has 19 rings (SSSR count). The summed E-state index contributed by atoms with van der Waals surface area (Å²) in [6.45, 7) is 27.1. The standard InChI is InChI=1S/C36H30.C33H29N.C27H25N.C26H24N2/c1-36(2,3)35-14-8-13-29(24-35)32-21-33(30-17-15-25-9-4-6-11-27(25)19-30)23-34(22-32)31-18-16-26-10-5-7-12-28(26)20-31;1-33(2,3)30-19-11-18-28(21-30)26-16-10-17-27(20-26)29-22-31(24-12-6-4-7-13-24)34-32(23-29)25-14-8-5-9-15-25;1-27(2,3)24-16-10-15-22(17-24)23-18-25(20-11-6-4-7-12-20)28-26(19-23)21-13-8-5-9-14-21;1-26(2,3)25-10-4-7-19(16-25)22-13-23(20-8-5-11-27-17-20)15-24(14-22)21-9-6-12-28-18-21/h4-24H,1-3H3;4-23H,1-3H3;4-19H,1-3H3;4-18H,1-3H3. The largest absolute Gasteiger partial charge is 0.264 e. The molecular weight excluding hydrogens is 1520 g/mol. The second-order valence-electron chi connectivity index (χ2n) is 36.8. The van der Waals surface area contributed by atoms with Crippen molar-refractivity contribution < 1.29 is 0 Å². The molecule has 4 heterocycles. The summed E-state index contributed by atoms with van der Waals surface area (Å²) in [5, 5.41) is 5.07. The minimum absolute atomic E-state index is 0.104. The molecule has 0 fully saturated rings. The summed E-state index contributed by atoms with van der Waals surface area (Å²) in [5.74, 6) is 0. The number of benzene rings is 15. The van der Waals surface area contributed by atoms with Gasteiger partial charge in [-0.25, -0.2) is 9.97 Å². The second kappa shape index (κ2) is 37.6. The first-order valence-corrected chi connectivity index (χ1v) is 43.8. The molecule has 0 atom stereocenters. The van der Waals surface area contributed by atoms with Crippen molar-refractivity contribution in [3.63, 3.8) is 0 Å². The predicted octanol–water partition coefficient (Wildman–Crippen LogP) is 33.5. The highest BCUT2D eigenvalue weighted by Crippen LogP contribution is 2.41. The molecule has 15 aromatic carbocycles. The number of nitrogens with zero attached hydrogens (tertiary/aromatic N) is 4. The van der Waals surface area contributed by atoms with Crippen LogP contribution in [0.5, 0.6) is 0 Å². The van der Waals surface area contributed by atoms with Gasteiger partial charge in [-0.3, -0.25) is 9.97 Å². The van der Waals surface area contributed by atoms with Gasteiger partial charge in [0, 0.05) is 58.2 Å². The van der Waals surface area contributed by atoms with Gasteiger partial charge >= 0.3 is 0 Å². The molecule has 0 aliphatic carbocycles. The molecule has 0 aliphatic heterocycles. The highest BCUT2D eigenvalue weighted by Gasteiger charge is 2.21. The highest BCUT2D eigenvalue weighted by atomic mass is 14.7. The van der Waals surface area contributed by atoms with E-state index in [1.54, 1.807) is 0 Å². The Hall–Kier alpha value is -14.6. The fourth-order valence-corrected chi connectivity index (χ4v) is 16.0. The van der Waals surface area contributed by atoms with E-state index in [4.69, 9.17) is 9.97 Å². The average molecular weight is 1630 g/mol. The zero-order valence-electron chi connectivity index (χ0n) is 74.4. The van der Waals surface area contributed by atoms with Gasteiger partial charge in [0.05, 0.1) is 22.8 Å². The van der Waals surface area contributed by atoms with Gasteiger partial charge in [0.15, 0.2) is 0 Å². The first kappa shape index (κ1) is 85.0. The van der Waals surface area contributed by atoms with Crippen molar-refractivity contribution in [2.45, 2.75) is 105 Å². The van der Waals surface area contributed by atoms with Gasteiger partial charge in [0.25, 0.3) is 0 Å². The lowest BCUT2D eigenvalue weighted by atomic mass is 9.85. The molecule has 0 unspecified atom stereocenters. The minimum Gasteiger partial charge on any atom is -0.264 e. The van der Waals surface area contributed by atoms with E-state index in [0.717, 1.165) is 67.3 Å². The Kier molecular flexibility index (Phi) is 25.4. The minimum atomic E-state index is 0.104. The molecule has 0 bridgehead atoms. The maximum Gasteiger partial charge on any atom is 0.0715 e. The van der Waals surface area contributed by atoms with E-state index in [9.17, 15) is 0 Å². The van der Waals surface area contributed by atoms with Gasteiger partial charge in [-0.1, -0.05) is 405 Å². The summed E-state index contributed by atoms with van der Waals surface area (Å²) >= 11 is 0. The van der Waals surface area contributed by atoms with Crippen LogP contribution in [-0.2, 0) is 21.7 Å². The number of aromatic nitrogens is 4. The lowest BCUT2D eigenvalue weighted by molar-refractivity contribution is 0.590. The third-order valence-electron chi connectivity index (χ3n) is 23.4. The number of hydrogen-bond acceptors (Lipinski definition) is 4. The van der Waals surface area contributed by atoms with Gasteiger partial charge in [-0.2, -0.15) is 0 Å². The molecule has 0 N–H and O–H groups in total. The van der Waals surface area contributed by atoms with Crippen LogP contribution in [0.3, 0.4) is 0 Å². The third-order valence-corrected chi connectivity index (χ3v) is 23.4. The molecule has 4 nitrogen and oxygen atoms in total. The van der Waals surface area contributed by atoms with Crippen molar-refractivity contribution in [1.82, 2.24) is 19.9 Å². The van der Waals surface area contributed by atoms with Crippen LogP contribution in [0.1, 0.15) is 105 Å². The van der Waals surface area contributed by atoms with Crippen LogP contribution < -0.4 is 0 Å². The Balaban J connectivity index is 0.000000125. The fourth-order valence-electron chi connectivity index (χ4n) is 16.0. The van der Waals surface area contributed by atoms with E-state index in [1.807, 2.05) is 61.2 Å². The van der Waals surface area contributed by atoms with Gasteiger partial charge < -0.3 is 0 Å². The highest BCUT2D eigenvalue weighted by molar-refractivity contribution is 5.93. The summed E-state index contributed by atoms with van der Waals surface area (Å²) in [6, 6.07) is 147. The molecule has 0 amide bonds. The summed E-state index contributed by atoms with van der Waals surface area (Å²) in [5.41, 5.74) is 36.0. The van der Waals surface area contributed by atoms with E-state index in [2.05, 4.69) is 469 Å². The molecular formula is C122H108N4. The van der Waals surface area contributed by atoms with Crippen LogP contribution >= 0.6 is 0 Å². The van der Waals surface area contributed by atoms with Crippen molar-refractivity contribution in [1.29, 1.82) is 0 Å². The van der Waals surface area contributed by atoms with Gasteiger partial charge in [0.1, 0.15) is 0 Å². The topological polar surface area (TPSA) is 51.6 Å². The fraction of sp³-hybridized carbons (Fsp3) is 0.131. The number of rotatable bonds is 13. The maximum atomic E-state index is 5.02. The predicted molar refractivity (Wildman–Crippen MR) is 537 cm³/mol. The van der Waals surface area contributed by atoms with Gasteiger partial charge in [0.2, 0.25) is 0 Å². The summed E-state index contributed by atoms with van der Waals surface area (Å²) < 4.78 is 0. The lowest BCUT2D eigenvalue weighted by Gasteiger charge is -2.20. The van der Waals surface area contributed by atoms with Crippen LogP contribution in [0.4, 0.5) is 0 Å². The number of fused-ring (bicyclic) bond motifs is 2. The Morgan fingerprint density at radius 2 is 0.349 bits per heavy atom. The summed E-state index contributed by atoms with van der Waals surface area (Å²) in [4.78, 5) is 18.6. The molecule has 4 heteroatoms. The molecule has 0 saturated carbocycles. The van der Waals surface area contributed by atoms with E-state index in [0.29, 0.717) is 0 Å². The van der Waals surface area contributed by atoms with Crippen LogP contribution in [0, 0.1) is 0 Å². The SMILES string of the molecule is CC(C)(C)c1cccc(-c2cc(-c3ccc4ccccc4c3)cc(-c3ccc4ccccc4c3)c2)c1.CC(C)(C)c1cccc(-c2cc(-c3ccccc3)nc(-c3ccccc3)c2)c1.CC(C)(C)c1cccc(-c2cc(-c3cccnc3)cc(-c3cccnc3)c2)c1.CC(C)(C)c1cccc(-c2cccc(-c3cc(-c4ccccc4)nc(-c4ccccc4)c3)c2)c1. The van der Waals surface area contributed by atoms with Crippen molar-refractivity contribution in [2.24, 2.45) is 0 Å². The smallest absolute Gasteiger partial charge is 0.0715 e. The Bertz CT molecular complexity index is 6500. The van der Waals surface area contributed by atoms with Crippen LogP contribution in [0.2, 0.25) is 0 Å². The molecule has 616 valence electrons. The van der Waals surface area contributed by atoms with E-state index >= 15 is 0 Å². The maximum absolute atomic E-state index is 5.02. The quantitative estimate of drug-likeness (QED) is 0.115. The molecule has 0 saturated heterocycles.